The second-order valence-corrected chi connectivity index (χ2v) is 4.80. The second-order valence-electron chi connectivity index (χ2n) is 4.80. The van der Waals surface area contributed by atoms with Gasteiger partial charge in [-0.15, -0.1) is 0 Å². The highest BCUT2D eigenvalue weighted by atomic mass is 16.5. The Morgan fingerprint density at radius 3 is 2.56 bits per heavy atom. The predicted molar refractivity (Wildman–Crippen MR) is 68.0 cm³/mol. The number of benzene rings is 1. The summed E-state index contributed by atoms with van der Waals surface area (Å²) >= 11 is 0. The fourth-order valence-corrected chi connectivity index (χ4v) is 2.40. The van der Waals surface area contributed by atoms with E-state index in [1.807, 2.05) is 6.07 Å². The average molecular weight is 243 g/mol. The van der Waals surface area contributed by atoms with Gasteiger partial charge in [-0.1, -0.05) is 25.7 Å². The van der Waals surface area contributed by atoms with Gasteiger partial charge in [-0.25, -0.2) is 0 Å². The molecule has 0 heterocycles. The molecular formula is C15H17NO2. The third-order valence-electron chi connectivity index (χ3n) is 3.45. The molecule has 0 spiro atoms. The van der Waals surface area contributed by atoms with Gasteiger partial charge in [-0.05, 0) is 36.6 Å². The molecule has 0 amide bonds. The van der Waals surface area contributed by atoms with E-state index in [9.17, 15) is 4.79 Å². The SMILES string of the molecule is N#Cc1ccc(OC(=O)CCC2CCCC2)cc1. The van der Waals surface area contributed by atoms with Crippen LogP contribution < -0.4 is 4.74 Å². The summed E-state index contributed by atoms with van der Waals surface area (Å²) in [5.41, 5.74) is 0.570. The van der Waals surface area contributed by atoms with Gasteiger partial charge < -0.3 is 4.74 Å². The molecule has 1 aliphatic rings. The quantitative estimate of drug-likeness (QED) is 0.601. The molecule has 1 saturated carbocycles. The molecule has 0 N–H and O–H groups in total. The van der Waals surface area contributed by atoms with Crippen molar-refractivity contribution in [3.63, 3.8) is 0 Å². The lowest BCUT2D eigenvalue weighted by molar-refractivity contribution is -0.134. The lowest BCUT2D eigenvalue weighted by Gasteiger charge is -2.08. The molecule has 1 fully saturated rings. The maximum Gasteiger partial charge on any atom is 0.311 e. The molecule has 1 aromatic rings. The van der Waals surface area contributed by atoms with Gasteiger partial charge in [0.05, 0.1) is 11.6 Å². The van der Waals surface area contributed by atoms with Crippen molar-refractivity contribution in [1.82, 2.24) is 0 Å². The van der Waals surface area contributed by atoms with E-state index in [1.165, 1.54) is 25.7 Å². The highest BCUT2D eigenvalue weighted by molar-refractivity contribution is 5.72. The first-order chi connectivity index (χ1) is 8.78. The van der Waals surface area contributed by atoms with Crippen molar-refractivity contribution in [3.8, 4) is 11.8 Å². The molecule has 1 aromatic carbocycles. The van der Waals surface area contributed by atoms with E-state index in [4.69, 9.17) is 10.00 Å². The predicted octanol–water partition coefficient (Wildman–Crippen LogP) is 3.43. The maximum atomic E-state index is 11.6. The molecule has 3 nitrogen and oxygen atoms in total. The molecule has 94 valence electrons. The molecule has 2 rings (SSSR count). The van der Waals surface area contributed by atoms with Gasteiger partial charge in [0.2, 0.25) is 0 Å². The van der Waals surface area contributed by atoms with Gasteiger partial charge in [0.1, 0.15) is 5.75 Å². The number of rotatable bonds is 4. The summed E-state index contributed by atoms with van der Waals surface area (Å²) in [6.07, 6.45) is 6.54. The van der Waals surface area contributed by atoms with E-state index in [0.717, 1.165) is 6.42 Å². The summed E-state index contributed by atoms with van der Waals surface area (Å²) in [7, 11) is 0. The fraction of sp³-hybridized carbons (Fsp3) is 0.467. The Hall–Kier alpha value is -1.82. The van der Waals surface area contributed by atoms with Crippen LogP contribution >= 0.6 is 0 Å². The number of hydrogen-bond donors (Lipinski definition) is 0. The first kappa shape index (κ1) is 12.6. The standard InChI is InChI=1S/C15H17NO2/c16-11-13-5-8-14(9-6-13)18-15(17)10-7-12-3-1-2-4-12/h5-6,8-9,12H,1-4,7,10H2. The molecule has 0 aromatic heterocycles. The highest BCUT2D eigenvalue weighted by Gasteiger charge is 2.16. The van der Waals surface area contributed by atoms with Crippen molar-refractivity contribution < 1.29 is 9.53 Å². The number of ether oxygens (including phenoxy) is 1. The number of carbonyl (C=O) groups is 1. The van der Waals surface area contributed by atoms with Crippen molar-refractivity contribution in [2.45, 2.75) is 38.5 Å². The minimum absolute atomic E-state index is 0.174. The first-order valence-corrected chi connectivity index (χ1v) is 6.49. The zero-order chi connectivity index (χ0) is 12.8. The summed E-state index contributed by atoms with van der Waals surface area (Å²) in [6, 6.07) is 8.65. The Labute approximate surface area is 107 Å². The Bertz CT molecular complexity index is 439. The van der Waals surface area contributed by atoms with Crippen molar-refractivity contribution in [2.75, 3.05) is 0 Å². The number of esters is 1. The minimum atomic E-state index is -0.174. The van der Waals surface area contributed by atoms with Gasteiger partial charge in [-0.3, -0.25) is 4.79 Å². The van der Waals surface area contributed by atoms with E-state index < -0.39 is 0 Å². The summed E-state index contributed by atoms with van der Waals surface area (Å²) in [5.74, 6) is 1.05. The van der Waals surface area contributed by atoms with Gasteiger partial charge >= 0.3 is 5.97 Å². The molecule has 0 atom stereocenters. The Balaban J connectivity index is 1.77. The number of carbonyl (C=O) groups excluding carboxylic acids is 1. The monoisotopic (exact) mass is 243 g/mol. The second kappa shape index (κ2) is 6.20. The largest absolute Gasteiger partial charge is 0.427 e. The summed E-state index contributed by atoms with van der Waals surface area (Å²) < 4.78 is 5.23. The molecule has 3 heteroatoms. The molecule has 1 aliphatic carbocycles. The van der Waals surface area contributed by atoms with Gasteiger partial charge in [0.15, 0.2) is 0 Å². The van der Waals surface area contributed by atoms with Crippen LogP contribution in [0.2, 0.25) is 0 Å². The lowest BCUT2D eigenvalue weighted by atomic mass is 10.0. The third kappa shape index (κ3) is 3.59. The van der Waals surface area contributed by atoms with E-state index >= 15 is 0 Å². The van der Waals surface area contributed by atoms with Crippen LogP contribution in [0.15, 0.2) is 24.3 Å². The summed E-state index contributed by atoms with van der Waals surface area (Å²) in [4.78, 5) is 11.6. The van der Waals surface area contributed by atoms with Crippen LogP contribution in [-0.2, 0) is 4.79 Å². The Morgan fingerprint density at radius 1 is 1.28 bits per heavy atom. The normalized spacial score (nSPS) is 15.3. The van der Waals surface area contributed by atoms with Gasteiger partial charge in [0.25, 0.3) is 0 Å². The molecule has 0 radical (unpaired) electrons. The van der Waals surface area contributed by atoms with Gasteiger partial charge in [-0.2, -0.15) is 5.26 Å². The van der Waals surface area contributed by atoms with Crippen molar-refractivity contribution in [1.29, 1.82) is 5.26 Å². The van der Waals surface area contributed by atoms with Crippen LogP contribution in [0.4, 0.5) is 0 Å². The average Bonchev–Trinajstić information content (AvgIpc) is 2.90. The van der Waals surface area contributed by atoms with Crippen molar-refractivity contribution >= 4 is 5.97 Å². The minimum Gasteiger partial charge on any atom is -0.427 e. The smallest absolute Gasteiger partial charge is 0.311 e. The van der Waals surface area contributed by atoms with Crippen molar-refractivity contribution in [3.05, 3.63) is 29.8 Å². The van der Waals surface area contributed by atoms with Crippen LogP contribution in [0.3, 0.4) is 0 Å². The number of nitriles is 1. The molecule has 0 unspecified atom stereocenters. The molecule has 0 aliphatic heterocycles. The number of hydrogen-bond acceptors (Lipinski definition) is 3. The summed E-state index contributed by atoms with van der Waals surface area (Å²) in [6.45, 7) is 0. The van der Waals surface area contributed by atoms with E-state index in [0.29, 0.717) is 23.7 Å². The third-order valence-corrected chi connectivity index (χ3v) is 3.45. The van der Waals surface area contributed by atoms with E-state index in [1.54, 1.807) is 24.3 Å². The maximum absolute atomic E-state index is 11.6. The van der Waals surface area contributed by atoms with E-state index in [2.05, 4.69) is 0 Å². The zero-order valence-electron chi connectivity index (χ0n) is 10.4. The molecule has 0 saturated heterocycles. The van der Waals surface area contributed by atoms with Crippen LogP contribution in [0.25, 0.3) is 0 Å². The topological polar surface area (TPSA) is 50.1 Å². The molecule has 0 bridgehead atoms. The zero-order valence-corrected chi connectivity index (χ0v) is 10.4. The first-order valence-electron chi connectivity index (χ1n) is 6.49. The van der Waals surface area contributed by atoms with Crippen LogP contribution in [0.5, 0.6) is 5.75 Å². The highest BCUT2D eigenvalue weighted by Crippen LogP contribution is 2.28. The Morgan fingerprint density at radius 2 is 1.94 bits per heavy atom. The van der Waals surface area contributed by atoms with Crippen LogP contribution in [0.1, 0.15) is 44.1 Å². The fourth-order valence-electron chi connectivity index (χ4n) is 2.40. The summed E-state index contributed by atoms with van der Waals surface area (Å²) in [5, 5.41) is 8.66. The molecular weight excluding hydrogens is 226 g/mol. The molecule has 18 heavy (non-hydrogen) atoms. The van der Waals surface area contributed by atoms with Crippen molar-refractivity contribution in [2.24, 2.45) is 5.92 Å². The number of nitrogens with zero attached hydrogens (tertiary/aromatic N) is 1. The Kier molecular flexibility index (Phi) is 4.35. The van der Waals surface area contributed by atoms with Crippen LogP contribution in [0, 0.1) is 17.2 Å². The van der Waals surface area contributed by atoms with E-state index in [-0.39, 0.29) is 5.97 Å². The van der Waals surface area contributed by atoms with Gasteiger partial charge in [0, 0.05) is 6.42 Å². The lowest BCUT2D eigenvalue weighted by Crippen LogP contribution is -2.09. The van der Waals surface area contributed by atoms with Crippen LogP contribution in [-0.4, -0.2) is 5.97 Å².